The zero-order valence-corrected chi connectivity index (χ0v) is 13.1. The van der Waals surface area contributed by atoms with Crippen LogP contribution in [-0.4, -0.2) is 31.8 Å². The van der Waals surface area contributed by atoms with E-state index in [0.29, 0.717) is 5.92 Å². The van der Waals surface area contributed by atoms with Crippen LogP contribution < -0.4 is 16.8 Å². The number of nitrogens with one attached hydrogen (secondary N) is 1. The van der Waals surface area contributed by atoms with Crippen molar-refractivity contribution in [3.8, 4) is 0 Å². The fraction of sp³-hybridized carbons (Fsp3) is 0.846. The number of rotatable bonds is 5. The van der Waals surface area contributed by atoms with E-state index in [1.54, 1.807) is 7.05 Å². The second-order valence-electron chi connectivity index (χ2n) is 3.43. The van der Waals surface area contributed by atoms with Crippen LogP contribution in [0.5, 0.6) is 0 Å². The second-order valence-corrected chi connectivity index (χ2v) is 3.43. The van der Waals surface area contributed by atoms with Gasteiger partial charge in [-0.05, 0) is 19.4 Å². The van der Waals surface area contributed by atoms with Gasteiger partial charge in [-0.1, -0.05) is 41.5 Å². The van der Waals surface area contributed by atoms with Gasteiger partial charge in [-0.2, -0.15) is 0 Å². The summed E-state index contributed by atoms with van der Waals surface area (Å²) >= 11 is 0. The van der Waals surface area contributed by atoms with Gasteiger partial charge in [0.15, 0.2) is 0 Å². The largest absolute Gasteiger partial charge is 0.369 e. The molecule has 1 unspecified atom stereocenters. The summed E-state index contributed by atoms with van der Waals surface area (Å²) in [4.78, 5) is 19.7. The highest BCUT2D eigenvalue weighted by atomic mass is 16.1. The lowest BCUT2D eigenvalue weighted by atomic mass is 10.1. The summed E-state index contributed by atoms with van der Waals surface area (Å²) in [6.45, 7) is 12.4. The van der Waals surface area contributed by atoms with Crippen LogP contribution in [0.25, 0.3) is 0 Å². The molecule has 112 valence electrons. The molecular weight excluding hydrogens is 230 g/mol. The average Bonchev–Trinajstić information content (AvgIpc) is 2.34. The summed E-state index contributed by atoms with van der Waals surface area (Å²) in [7, 11) is 1.67. The molecule has 0 aromatic rings. The predicted octanol–water partition coefficient (Wildman–Crippen LogP) is 1.30. The van der Waals surface area contributed by atoms with E-state index in [-0.39, 0.29) is 18.5 Å². The van der Waals surface area contributed by atoms with Crippen molar-refractivity contribution in [2.75, 3.05) is 13.6 Å². The summed E-state index contributed by atoms with van der Waals surface area (Å²) in [5.41, 5.74) is 10.0. The van der Waals surface area contributed by atoms with Gasteiger partial charge in [-0.25, -0.2) is 0 Å². The maximum atomic E-state index is 9.92. The van der Waals surface area contributed by atoms with Gasteiger partial charge >= 0.3 is 0 Å². The van der Waals surface area contributed by atoms with Crippen molar-refractivity contribution in [3.63, 3.8) is 0 Å². The molecule has 1 amide bonds. The normalized spacial score (nSPS) is 9.61. The standard InChI is InChI=1S/C6H13NO.C3H8N2O.2C2H6/c1-5(2)3-6(7)4-8;1-5-2-3(4)6;2*1-2/h4-6H,3,7H2,1-2H3;5H,2H2,1H3,(H2,4,6);2*1-2H3. The van der Waals surface area contributed by atoms with E-state index in [4.69, 9.17) is 11.5 Å². The quantitative estimate of drug-likeness (QED) is 0.651. The number of nitrogens with two attached hydrogens (primary N) is 2. The van der Waals surface area contributed by atoms with Gasteiger partial charge in [0.2, 0.25) is 5.91 Å². The Hall–Kier alpha value is -0.940. The molecule has 0 saturated heterocycles. The molecule has 0 saturated carbocycles. The number of hydrogen-bond acceptors (Lipinski definition) is 4. The summed E-state index contributed by atoms with van der Waals surface area (Å²) in [5.74, 6) is 0.202. The lowest BCUT2D eigenvalue weighted by molar-refractivity contribution is -0.117. The molecule has 5 N–H and O–H groups in total. The molecular formula is C13H33N3O2. The number of primary amides is 1. The Balaban J connectivity index is -0.0000000869. The highest BCUT2D eigenvalue weighted by Crippen LogP contribution is 1.99. The van der Waals surface area contributed by atoms with Crippen LogP contribution in [0.4, 0.5) is 0 Å². The van der Waals surface area contributed by atoms with Crippen molar-refractivity contribution in [2.24, 2.45) is 17.4 Å². The summed E-state index contributed by atoms with van der Waals surface area (Å²) in [5, 5.41) is 2.59. The average molecular weight is 263 g/mol. The van der Waals surface area contributed by atoms with Crippen molar-refractivity contribution in [1.82, 2.24) is 5.32 Å². The van der Waals surface area contributed by atoms with Gasteiger partial charge in [0.1, 0.15) is 6.29 Å². The van der Waals surface area contributed by atoms with E-state index in [0.717, 1.165) is 12.7 Å². The zero-order valence-electron chi connectivity index (χ0n) is 13.1. The van der Waals surface area contributed by atoms with Crippen molar-refractivity contribution in [2.45, 2.75) is 54.0 Å². The molecule has 0 bridgehead atoms. The topological polar surface area (TPSA) is 98.2 Å². The van der Waals surface area contributed by atoms with E-state index >= 15 is 0 Å². The Morgan fingerprint density at radius 3 is 1.67 bits per heavy atom. The summed E-state index contributed by atoms with van der Waals surface area (Å²) < 4.78 is 0. The van der Waals surface area contributed by atoms with Crippen LogP contribution in [0.2, 0.25) is 0 Å². The van der Waals surface area contributed by atoms with Crippen molar-refractivity contribution >= 4 is 12.2 Å². The maximum absolute atomic E-state index is 9.92. The Labute approximate surface area is 113 Å². The van der Waals surface area contributed by atoms with E-state index < -0.39 is 0 Å². The van der Waals surface area contributed by atoms with E-state index in [9.17, 15) is 9.59 Å². The number of likely N-dealkylation sites (N-methyl/N-ethyl adjacent to an activating group) is 1. The predicted molar refractivity (Wildman–Crippen MR) is 79.3 cm³/mol. The van der Waals surface area contributed by atoms with E-state index in [1.807, 2.05) is 41.5 Å². The van der Waals surface area contributed by atoms with Crippen LogP contribution in [0.15, 0.2) is 0 Å². The third-order valence-electron chi connectivity index (χ3n) is 1.27. The molecule has 0 spiro atoms. The molecule has 0 aliphatic rings. The third kappa shape index (κ3) is 45.8. The van der Waals surface area contributed by atoms with Crippen molar-refractivity contribution < 1.29 is 9.59 Å². The lowest BCUT2D eigenvalue weighted by Gasteiger charge is -2.04. The third-order valence-corrected chi connectivity index (χ3v) is 1.27. The van der Waals surface area contributed by atoms with Crippen LogP contribution in [0.1, 0.15) is 48.0 Å². The maximum Gasteiger partial charge on any atom is 0.231 e. The summed E-state index contributed by atoms with van der Waals surface area (Å²) in [6.07, 6.45) is 1.59. The minimum absolute atomic E-state index is 0.255. The van der Waals surface area contributed by atoms with Gasteiger partial charge in [0.05, 0.1) is 12.6 Å². The first kappa shape index (κ1) is 25.8. The zero-order chi connectivity index (χ0) is 15.6. The van der Waals surface area contributed by atoms with Gasteiger partial charge in [-0.3, -0.25) is 4.79 Å². The van der Waals surface area contributed by atoms with E-state index in [1.165, 1.54) is 0 Å². The Kier molecular flexibility index (Phi) is 35.9. The number of hydrogen-bond donors (Lipinski definition) is 3. The van der Waals surface area contributed by atoms with Crippen LogP contribution in [0.3, 0.4) is 0 Å². The molecule has 5 heteroatoms. The molecule has 5 nitrogen and oxygen atoms in total. The van der Waals surface area contributed by atoms with Crippen molar-refractivity contribution in [3.05, 3.63) is 0 Å². The number of carbonyl (C=O) groups excluding carboxylic acids is 2. The molecule has 1 atom stereocenters. The Morgan fingerprint density at radius 2 is 1.61 bits per heavy atom. The van der Waals surface area contributed by atoms with Gasteiger partial charge in [0, 0.05) is 0 Å². The first-order valence-electron chi connectivity index (χ1n) is 6.57. The molecule has 18 heavy (non-hydrogen) atoms. The second kappa shape index (κ2) is 25.0. The summed E-state index contributed by atoms with van der Waals surface area (Å²) in [6, 6.07) is -0.255. The Morgan fingerprint density at radius 1 is 1.22 bits per heavy atom. The first-order valence-corrected chi connectivity index (χ1v) is 6.57. The molecule has 0 heterocycles. The smallest absolute Gasteiger partial charge is 0.231 e. The van der Waals surface area contributed by atoms with Crippen LogP contribution in [-0.2, 0) is 9.59 Å². The van der Waals surface area contributed by atoms with E-state index in [2.05, 4.69) is 5.32 Å². The molecule has 0 aromatic carbocycles. The number of amides is 1. The molecule has 0 fully saturated rings. The van der Waals surface area contributed by atoms with Gasteiger partial charge < -0.3 is 21.6 Å². The number of carbonyl (C=O) groups is 2. The van der Waals surface area contributed by atoms with Gasteiger partial charge in [-0.15, -0.1) is 0 Å². The minimum Gasteiger partial charge on any atom is -0.369 e. The SMILES string of the molecule is CC.CC.CC(C)CC(N)C=O.CNCC(N)=O. The fourth-order valence-corrected chi connectivity index (χ4v) is 0.774. The fourth-order valence-electron chi connectivity index (χ4n) is 0.774. The molecule has 0 aromatic heterocycles. The monoisotopic (exact) mass is 263 g/mol. The van der Waals surface area contributed by atoms with Gasteiger partial charge in [0.25, 0.3) is 0 Å². The molecule has 0 radical (unpaired) electrons. The van der Waals surface area contributed by atoms with Crippen LogP contribution >= 0.6 is 0 Å². The molecule has 0 aliphatic carbocycles. The highest BCUT2D eigenvalue weighted by molar-refractivity contribution is 5.75. The minimum atomic E-state index is -0.322. The molecule has 0 rings (SSSR count). The highest BCUT2D eigenvalue weighted by Gasteiger charge is 2.01. The first-order chi connectivity index (χ1) is 8.43. The number of aldehydes is 1. The van der Waals surface area contributed by atoms with Crippen molar-refractivity contribution in [1.29, 1.82) is 0 Å². The Bertz CT molecular complexity index is 162. The van der Waals surface area contributed by atoms with Crippen LogP contribution in [0, 0.1) is 5.92 Å². The molecule has 0 aliphatic heterocycles. The lowest BCUT2D eigenvalue weighted by Crippen LogP contribution is -2.25.